The second-order valence-electron chi connectivity index (χ2n) is 6.21. The number of nitrogens with zero attached hydrogens (tertiary/aromatic N) is 2. The van der Waals surface area contributed by atoms with Crippen molar-refractivity contribution in [3.05, 3.63) is 69.8 Å². The van der Waals surface area contributed by atoms with E-state index in [9.17, 15) is 19.7 Å². The van der Waals surface area contributed by atoms with Crippen LogP contribution in [0.3, 0.4) is 0 Å². The van der Waals surface area contributed by atoms with Gasteiger partial charge in [0, 0.05) is 30.4 Å². The van der Waals surface area contributed by atoms with Gasteiger partial charge in [0.15, 0.2) is 6.61 Å². The number of nitro benzene ring substituents is 1. The molecular formula is C19H21N3O5. The topological polar surface area (TPSA) is 116 Å². The summed E-state index contributed by atoms with van der Waals surface area (Å²) in [6.07, 6.45) is 0. The lowest BCUT2D eigenvalue weighted by atomic mass is 10.1. The van der Waals surface area contributed by atoms with E-state index in [1.54, 1.807) is 4.90 Å². The number of benzene rings is 2. The van der Waals surface area contributed by atoms with E-state index in [-0.39, 0.29) is 28.9 Å². The van der Waals surface area contributed by atoms with Crippen LogP contribution in [0.5, 0.6) is 0 Å². The largest absolute Gasteiger partial charge is 0.452 e. The summed E-state index contributed by atoms with van der Waals surface area (Å²) in [4.78, 5) is 36.5. The summed E-state index contributed by atoms with van der Waals surface area (Å²) in [7, 11) is 0. The molecule has 1 amide bonds. The van der Waals surface area contributed by atoms with E-state index in [1.165, 1.54) is 12.1 Å². The lowest BCUT2D eigenvalue weighted by molar-refractivity contribution is -0.384. The van der Waals surface area contributed by atoms with Crippen LogP contribution in [0.15, 0.2) is 48.5 Å². The van der Waals surface area contributed by atoms with Crippen LogP contribution in [0, 0.1) is 10.1 Å². The molecule has 0 aliphatic heterocycles. The second-order valence-corrected chi connectivity index (χ2v) is 6.21. The van der Waals surface area contributed by atoms with Crippen LogP contribution in [0.4, 0.5) is 11.4 Å². The normalized spacial score (nSPS) is 10.5. The molecule has 0 aliphatic carbocycles. The molecule has 0 atom stereocenters. The SMILES string of the molecule is CC(C)N(Cc1ccccc1)C(=O)COC(=O)c1cc([N+](=O)[O-])ccc1N. The summed E-state index contributed by atoms with van der Waals surface area (Å²) in [5, 5.41) is 10.8. The summed E-state index contributed by atoms with van der Waals surface area (Å²) in [6, 6.07) is 12.8. The van der Waals surface area contributed by atoms with Crippen molar-refractivity contribution in [2.45, 2.75) is 26.4 Å². The van der Waals surface area contributed by atoms with Crippen molar-refractivity contribution < 1.29 is 19.2 Å². The molecule has 0 aromatic heterocycles. The smallest absolute Gasteiger partial charge is 0.341 e. The molecule has 0 unspecified atom stereocenters. The standard InChI is InChI=1S/C19H21N3O5/c1-13(2)21(11-14-6-4-3-5-7-14)18(23)12-27-19(24)16-10-15(22(25)26)8-9-17(16)20/h3-10,13H,11-12,20H2,1-2H3. The quantitative estimate of drug-likeness (QED) is 0.346. The van der Waals surface area contributed by atoms with E-state index in [4.69, 9.17) is 10.5 Å². The zero-order chi connectivity index (χ0) is 20.0. The first-order valence-corrected chi connectivity index (χ1v) is 8.34. The highest BCUT2D eigenvalue weighted by atomic mass is 16.6. The van der Waals surface area contributed by atoms with Gasteiger partial charge in [0.2, 0.25) is 0 Å². The average molecular weight is 371 g/mol. The van der Waals surface area contributed by atoms with Gasteiger partial charge in [-0.1, -0.05) is 30.3 Å². The van der Waals surface area contributed by atoms with Crippen molar-refractivity contribution in [2.24, 2.45) is 0 Å². The Bertz CT molecular complexity index is 836. The summed E-state index contributed by atoms with van der Waals surface area (Å²) in [5.41, 5.74) is 6.26. The predicted octanol–water partition coefficient (Wildman–Crippen LogP) is 2.77. The Kier molecular flexibility index (Phi) is 6.48. The molecule has 0 spiro atoms. The van der Waals surface area contributed by atoms with Gasteiger partial charge < -0.3 is 15.4 Å². The fraction of sp³-hybridized carbons (Fsp3) is 0.263. The molecule has 0 aliphatic rings. The van der Waals surface area contributed by atoms with E-state index in [1.807, 2.05) is 44.2 Å². The van der Waals surface area contributed by atoms with Gasteiger partial charge in [-0.3, -0.25) is 14.9 Å². The van der Waals surface area contributed by atoms with Crippen molar-refractivity contribution >= 4 is 23.3 Å². The number of anilines is 1. The number of hydrogen-bond acceptors (Lipinski definition) is 6. The van der Waals surface area contributed by atoms with Gasteiger partial charge in [-0.25, -0.2) is 4.79 Å². The minimum atomic E-state index is -0.882. The molecule has 0 bridgehead atoms. The number of rotatable bonds is 7. The van der Waals surface area contributed by atoms with Gasteiger partial charge in [-0.15, -0.1) is 0 Å². The van der Waals surface area contributed by atoms with Gasteiger partial charge in [0.25, 0.3) is 11.6 Å². The molecule has 0 saturated heterocycles. The highest BCUT2D eigenvalue weighted by Crippen LogP contribution is 2.20. The minimum absolute atomic E-state index is 0.0445. The van der Waals surface area contributed by atoms with Crippen LogP contribution < -0.4 is 5.73 Å². The number of amides is 1. The van der Waals surface area contributed by atoms with Gasteiger partial charge in [0.1, 0.15) is 0 Å². The third kappa shape index (κ3) is 5.27. The van der Waals surface area contributed by atoms with Crippen molar-refractivity contribution in [1.82, 2.24) is 4.90 Å². The van der Waals surface area contributed by atoms with E-state index in [0.717, 1.165) is 11.6 Å². The highest BCUT2D eigenvalue weighted by Gasteiger charge is 2.21. The van der Waals surface area contributed by atoms with Crippen LogP contribution in [0.25, 0.3) is 0 Å². The van der Waals surface area contributed by atoms with Crippen molar-refractivity contribution in [1.29, 1.82) is 0 Å². The molecule has 0 fully saturated rings. The van der Waals surface area contributed by atoms with Crippen LogP contribution in [-0.2, 0) is 16.1 Å². The number of ether oxygens (including phenoxy) is 1. The number of non-ortho nitro benzene ring substituents is 1. The van der Waals surface area contributed by atoms with Crippen LogP contribution in [0.2, 0.25) is 0 Å². The van der Waals surface area contributed by atoms with Crippen molar-refractivity contribution in [3.63, 3.8) is 0 Å². The van der Waals surface area contributed by atoms with E-state index >= 15 is 0 Å². The number of carbonyl (C=O) groups excluding carboxylic acids is 2. The first-order chi connectivity index (χ1) is 12.8. The molecule has 0 heterocycles. The van der Waals surface area contributed by atoms with Gasteiger partial charge in [0.05, 0.1) is 10.5 Å². The minimum Gasteiger partial charge on any atom is -0.452 e. The Balaban J connectivity index is 2.05. The maximum Gasteiger partial charge on any atom is 0.341 e. The molecule has 0 radical (unpaired) electrons. The predicted molar refractivity (Wildman–Crippen MR) is 99.9 cm³/mol. The van der Waals surface area contributed by atoms with E-state index in [2.05, 4.69) is 0 Å². The number of nitrogens with two attached hydrogens (primary N) is 1. The molecule has 2 N–H and O–H groups in total. The third-order valence-electron chi connectivity index (χ3n) is 3.93. The molecule has 2 aromatic rings. The fourth-order valence-corrected chi connectivity index (χ4v) is 2.46. The molecule has 142 valence electrons. The monoisotopic (exact) mass is 371 g/mol. The Morgan fingerprint density at radius 2 is 1.85 bits per heavy atom. The van der Waals surface area contributed by atoms with Crippen molar-refractivity contribution in [3.8, 4) is 0 Å². The summed E-state index contributed by atoms with van der Waals surface area (Å²) in [5.74, 6) is -1.25. The van der Waals surface area contributed by atoms with Crippen LogP contribution in [0.1, 0.15) is 29.8 Å². The molecule has 27 heavy (non-hydrogen) atoms. The Hall–Kier alpha value is -3.42. The van der Waals surface area contributed by atoms with E-state index in [0.29, 0.717) is 6.54 Å². The molecule has 2 rings (SSSR count). The van der Waals surface area contributed by atoms with Gasteiger partial charge >= 0.3 is 5.97 Å². The first kappa shape index (κ1) is 19.9. The third-order valence-corrected chi connectivity index (χ3v) is 3.93. The number of hydrogen-bond donors (Lipinski definition) is 1. The fourth-order valence-electron chi connectivity index (χ4n) is 2.46. The molecule has 2 aromatic carbocycles. The number of nitrogen functional groups attached to an aromatic ring is 1. The number of nitro groups is 1. The molecule has 0 saturated carbocycles. The summed E-state index contributed by atoms with van der Waals surface area (Å²) < 4.78 is 5.04. The lowest BCUT2D eigenvalue weighted by Crippen LogP contribution is -2.39. The van der Waals surface area contributed by atoms with Crippen LogP contribution >= 0.6 is 0 Å². The molecule has 8 heteroatoms. The average Bonchev–Trinajstić information content (AvgIpc) is 2.64. The number of carbonyl (C=O) groups is 2. The second kappa shape index (κ2) is 8.79. The summed E-state index contributed by atoms with van der Waals surface area (Å²) in [6.45, 7) is 3.63. The molecular weight excluding hydrogens is 350 g/mol. The Morgan fingerprint density at radius 1 is 1.19 bits per heavy atom. The summed E-state index contributed by atoms with van der Waals surface area (Å²) >= 11 is 0. The van der Waals surface area contributed by atoms with Crippen molar-refractivity contribution in [2.75, 3.05) is 12.3 Å². The Labute approximate surface area is 156 Å². The zero-order valence-corrected chi connectivity index (χ0v) is 15.1. The van der Waals surface area contributed by atoms with E-state index < -0.39 is 17.5 Å². The van der Waals surface area contributed by atoms with Gasteiger partial charge in [-0.2, -0.15) is 0 Å². The number of esters is 1. The first-order valence-electron chi connectivity index (χ1n) is 8.34. The van der Waals surface area contributed by atoms with Crippen LogP contribution in [-0.4, -0.2) is 34.3 Å². The highest BCUT2D eigenvalue weighted by molar-refractivity contribution is 5.97. The maximum atomic E-state index is 12.5. The zero-order valence-electron chi connectivity index (χ0n) is 15.1. The maximum absolute atomic E-state index is 12.5. The lowest BCUT2D eigenvalue weighted by Gasteiger charge is -2.26. The van der Waals surface area contributed by atoms with Gasteiger partial charge in [-0.05, 0) is 25.5 Å². The Morgan fingerprint density at radius 3 is 2.44 bits per heavy atom. The molecule has 8 nitrogen and oxygen atoms in total.